The largest absolute Gasteiger partial charge is 0.508 e. The average molecular weight is 164 g/mol. The maximum atomic E-state index is 9.11. The second kappa shape index (κ2) is 2.41. The predicted octanol–water partition coefficient (Wildman–Crippen LogP) is 1.58. The second-order valence-corrected chi connectivity index (χ2v) is 2.42. The van der Waals surface area contributed by atoms with Gasteiger partial charge in [-0.2, -0.15) is 4.98 Å². The van der Waals surface area contributed by atoms with Crippen molar-refractivity contribution in [3.63, 3.8) is 0 Å². The Morgan fingerprint density at radius 1 is 1.50 bits per heavy atom. The van der Waals surface area contributed by atoms with E-state index < -0.39 is 0 Å². The smallest absolute Gasteiger partial charge is 0.295 e. The molecule has 12 heavy (non-hydrogen) atoms. The summed E-state index contributed by atoms with van der Waals surface area (Å²) in [5.41, 5.74) is 1.32. The van der Waals surface area contributed by atoms with Crippen LogP contribution in [0.5, 0.6) is 5.75 Å². The van der Waals surface area contributed by atoms with Crippen molar-refractivity contribution in [2.75, 3.05) is 12.4 Å². The van der Waals surface area contributed by atoms with Crippen LogP contribution in [0.15, 0.2) is 22.6 Å². The molecule has 0 spiro atoms. The van der Waals surface area contributed by atoms with Gasteiger partial charge in [-0.05, 0) is 12.1 Å². The fourth-order valence-electron chi connectivity index (χ4n) is 1.02. The Labute approximate surface area is 68.8 Å². The predicted molar refractivity (Wildman–Crippen MR) is 45.2 cm³/mol. The number of benzene rings is 1. The molecule has 4 heteroatoms. The number of oxazole rings is 1. The second-order valence-electron chi connectivity index (χ2n) is 2.42. The van der Waals surface area contributed by atoms with Crippen molar-refractivity contribution < 1.29 is 9.52 Å². The molecule has 0 fully saturated rings. The molecule has 0 aliphatic carbocycles. The zero-order valence-electron chi connectivity index (χ0n) is 6.53. The number of nitrogens with zero attached hydrogens (tertiary/aromatic N) is 1. The topological polar surface area (TPSA) is 58.3 Å². The molecule has 1 aromatic heterocycles. The Morgan fingerprint density at radius 3 is 3.08 bits per heavy atom. The Kier molecular flexibility index (Phi) is 1.40. The minimum absolute atomic E-state index is 0.193. The van der Waals surface area contributed by atoms with Crippen molar-refractivity contribution in [2.45, 2.75) is 0 Å². The van der Waals surface area contributed by atoms with Gasteiger partial charge in [-0.3, -0.25) is 0 Å². The zero-order valence-corrected chi connectivity index (χ0v) is 6.53. The van der Waals surface area contributed by atoms with Gasteiger partial charge in [-0.25, -0.2) is 0 Å². The van der Waals surface area contributed by atoms with Crippen LogP contribution < -0.4 is 5.32 Å². The minimum Gasteiger partial charge on any atom is -0.508 e. The van der Waals surface area contributed by atoms with Crippen LogP contribution in [-0.4, -0.2) is 17.1 Å². The van der Waals surface area contributed by atoms with E-state index >= 15 is 0 Å². The van der Waals surface area contributed by atoms with Crippen LogP contribution in [0.1, 0.15) is 0 Å². The summed E-state index contributed by atoms with van der Waals surface area (Å²) in [7, 11) is 1.73. The van der Waals surface area contributed by atoms with E-state index in [-0.39, 0.29) is 5.75 Å². The lowest BCUT2D eigenvalue weighted by Gasteiger charge is -1.87. The molecular weight excluding hydrogens is 156 g/mol. The van der Waals surface area contributed by atoms with Crippen LogP contribution in [0, 0.1) is 0 Å². The molecule has 0 unspecified atom stereocenters. The van der Waals surface area contributed by atoms with E-state index in [1.54, 1.807) is 25.2 Å². The first-order chi connectivity index (χ1) is 5.79. The molecule has 2 rings (SSSR count). The number of phenols is 1. The maximum absolute atomic E-state index is 9.11. The van der Waals surface area contributed by atoms with E-state index in [0.717, 1.165) is 0 Å². The first-order valence-corrected chi connectivity index (χ1v) is 3.57. The van der Waals surface area contributed by atoms with Crippen molar-refractivity contribution in [3.05, 3.63) is 18.2 Å². The van der Waals surface area contributed by atoms with E-state index in [2.05, 4.69) is 10.3 Å². The number of hydrogen-bond acceptors (Lipinski definition) is 4. The number of rotatable bonds is 1. The lowest BCUT2D eigenvalue weighted by Crippen LogP contribution is -1.85. The highest BCUT2D eigenvalue weighted by Crippen LogP contribution is 2.22. The van der Waals surface area contributed by atoms with E-state index in [4.69, 9.17) is 9.52 Å². The molecular formula is C8H8N2O2. The Bertz CT molecular complexity index is 408. The van der Waals surface area contributed by atoms with Gasteiger partial charge in [0.15, 0.2) is 5.58 Å². The summed E-state index contributed by atoms with van der Waals surface area (Å²) < 4.78 is 5.24. The summed E-state index contributed by atoms with van der Waals surface area (Å²) in [5.74, 6) is 0.193. The molecule has 0 saturated carbocycles. The van der Waals surface area contributed by atoms with Crippen molar-refractivity contribution in [3.8, 4) is 5.75 Å². The number of aromatic nitrogens is 1. The lowest BCUT2D eigenvalue weighted by molar-refractivity contribution is 0.476. The molecule has 2 aromatic rings. The Balaban J connectivity index is 2.67. The molecule has 0 aliphatic heterocycles. The summed E-state index contributed by atoms with van der Waals surface area (Å²) in [6.07, 6.45) is 0. The van der Waals surface area contributed by atoms with Crippen LogP contribution in [-0.2, 0) is 0 Å². The first kappa shape index (κ1) is 6.97. The van der Waals surface area contributed by atoms with Gasteiger partial charge >= 0.3 is 0 Å². The van der Waals surface area contributed by atoms with Gasteiger partial charge in [-0.15, -0.1) is 0 Å². The van der Waals surface area contributed by atoms with Crippen LogP contribution in [0.4, 0.5) is 6.01 Å². The van der Waals surface area contributed by atoms with Crippen molar-refractivity contribution in [2.24, 2.45) is 0 Å². The monoisotopic (exact) mass is 164 g/mol. The SMILES string of the molecule is CNc1nc2cc(O)ccc2o1. The normalized spacial score (nSPS) is 10.4. The summed E-state index contributed by atoms with van der Waals surface area (Å²) in [6.45, 7) is 0. The van der Waals surface area contributed by atoms with Crippen LogP contribution in [0.3, 0.4) is 0 Å². The molecule has 0 saturated heterocycles. The molecule has 62 valence electrons. The summed E-state index contributed by atoms with van der Waals surface area (Å²) in [4.78, 5) is 4.05. The van der Waals surface area contributed by atoms with Gasteiger partial charge in [0.25, 0.3) is 6.01 Å². The number of fused-ring (bicyclic) bond motifs is 1. The van der Waals surface area contributed by atoms with Crippen molar-refractivity contribution in [1.29, 1.82) is 0 Å². The van der Waals surface area contributed by atoms with Crippen LogP contribution >= 0.6 is 0 Å². The number of hydrogen-bond donors (Lipinski definition) is 2. The molecule has 0 bridgehead atoms. The third-order valence-electron chi connectivity index (χ3n) is 1.59. The molecule has 4 nitrogen and oxygen atoms in total. The highest BCUT2D eigenvalue weighted by atomic mass is 16.4. The average Bonchev–Trinajstić information content (AvgIpc) is 2.46. The quantitative estimate of drug-likeness (QED) is 0.671. The molecule has 2 N–H and O–H groups in total. The first-order valence-electron chi connectivity index (χ1n) is 3.57. The molecule has 1 heterocycles. The van der Waals surface area contributed by atoms with Crippen molar-refractivity contribution in [1.82, 2.24) is 4.98 Å². The van der Waals surface area contributed by atoms with Crippen LogP contribution in [0.25, 0.3) is 11.1 Å². The molecule has 1 aromatic carbocycles. The Morgan fingerprint density at radius 2 is 2.33 bits per heavy atom. The van der Waals surface area contributed by atoms with E-state index in [1.807, 2.05) is 0 Å². The van der Waals surface area contributed by atoms with Crippen molar-refractivity contribution >= 4 is 17.1 Å². The van der Waals surface area contributed by atoms with Gasteiger partial charge < -0.3 is 14.8 Å². The summed E-state index contributed by atoms with van der Waals surface area (Å²) >= 11 is 0. The maximum Gasteiger partial charge on any atom is 0.295 e. The number of nitrogens with one attached hydrogen (secondary N) is 1. The molecule has 0 amide bonds. The summed E-state index contributed by atoms with van der Waals surface area (Å²) in [5, 5.41) is 11.9. The third kappa shape index (κ3) is 0.972. The third-order valence-corrected chi connectivity index (χ3v) is 1.59. The Hall–Kier alpha value is -1.71. The number of phenolic OH excluding ortho intramolecular Hbond substituents is 1. The van der Waals surface area contributed by atoms with Gasteiger partial charge in [0.05, 0.1) is 0 Å². The number of anilines is 1. The minimum atomic E-state index is 0.193. The van der Waals surface area contributed by atoms with Gasteiger partial charge in [0, 0.05) is 13.1 Å². The van der Waals surface area contributed by atoms with E-state index in [1.165, 1.54) is 0 Å². The fraction of sp³-hybridized carbons (Fsp3) is 0.125. The van der Waals surface area contributed by atoms with E-state index in [0.29, 0.717) is 17.1 Å². The highest BCUT2D eigenvalue weighted by Gasteiger charge is 2.03. The molecule has 0 radical (unpaired) electrons. The molecule has 0 atom stereocenters. The number of aromatic hydroxyl groups is 1. The van der Waals surface area contributed by atoms with Crippen LogP contribution in [0.2, 0.25) is 0 Å². The highest BCUT2D eigenvalue weighted by molar-refractivity contribution is 5.75. The zero-order chi connectivity index (χ0) is 8.55. The van der Waals surface area contributed by atoms with Gasteiger partial charge in [-0.1, -0.05) is 0 Å². The lowest BCUT2D eigenvalue weighted by atomic mass is 10.3. The fourth-order valence-corrected chi connectivity index (χ4v) is 1.02. The standard InChI is InChI=1S/C8H8N2O2/c1-9-8-10-6-4-5(11)2-3-7(6)12-8/h2-4,11H,1H3,(H,9,10). The van der Waals surface area contributed by atoms with E-state index in [9.17, 15) is 0 Å². The molecule has 0 aliphatic rings. The summed E-state index contributed by atoms with van der Waals surface area (Å²) in [6, 6.07) is 5.25. The van der Waals surface area contributed by atoms with Gasteiger partial charge in [0.1, 0.15) is 11.3 Å². The van der Waals surface area contributed by atoms with Gasteiger partial charge in [0.2, 0.25) is 0 Å².